The number of rotatable bonds is 7. The van der Waals surface area contributed by atoms with E-state index in [0.29, 0.717) is 24.1 Å². The molecule has 1 N–H and O–H groups in total. The fraction of sp³-hybridized carbons (Fsp3) is 0.316. The molecule has 1 fully saturated rings. The first-order chi connectivity index (χ1) is 11.3. The van der Waals surface area contributed by atoms with E-state index in [2.05, 4.69) is 5.32 Å². The average Bonchev–Trinajstić information content (AvgIpc) is 3.39. The van der Waals surface area contributed by atoms with Crippen molar-refractivity contribution in [1.82, 2.24) is 5.32 Å². The maximum absolute atomic E-state index is 12.6. The smallest absolute Gasteiger partial charge is 0.266 e. The van der Waals surface area contributed by atoms with Gasteiger partial charge in [-0.1, -0.05) is 42.5 Å². The van der Waals surface area contributed by atoms with Crippen LogP contribution in [-0.2, 0) is 4.79 Å². The molecule has 1 aliphatic rings. The summed E-state index contributed by atoms with van der Waals surface area (Å²) in [5.74, 6) is 1.12. The van der Waals surface area contributed by atoms with E-state index >= 15 is 0 Å². The van der Waals surface area contributed by atoms with Gasteiger partial charge in [0.15, 0.2) is 11.5 Å². The van der Waals surface area contributed by atoms with Crippen molar-refractivity contribution in [3.8, 4) is 11.5 Å². The number of benzene rings is 2. The van der Waals surface area contributed by atoms with Crippen LogP contribution in [0.4, 0.5) is 0 Å². The van der Waals surface area contributed by atoms with Gasteiger partial charge in [-0.3, -0.25) is 4.79 Å². The van der Waals surface area contributed by atoms with Crippen LogP contribution in [0.1, 0.15) is 31.4 Å². The standard InChI is InChI=1S/C19H21NO3/c1-2-22-16-10-6-7-11-17(16)23-18(14-8-4-3-5-9-14)19(21)20-15-12-13-15/h3-11,15,18H,2,12-13H2,1H3,(H,20,21)/t18-/m1/s1. The average molecular weight is 311 g/mol. The number of nitrogens with one attached hydrogen (secondary N) is 1. The second kappa shape index (κ2) is 7.18. The minimum Gasteiger partial charge on any atom is -0.490 e. The lowest BCUT2D eigenvalue weighted by atomic mass is 10.1. The first-order valence-electron chi connectivity index (χ1n) is 8.01. The highest BCUT2D eigenvalue weighted by Gasteiger charge is 2.30. The third kappa shape index (κ3) is 4.03. The van der Waals surface area contributed by atoms with Crippen molar-refractivity contribution >= 4 is 5.91 Å². The number of hydrogen-bond acceptors (Lipinski definition) is 3. The molecular weight excluding hydrogens is 290 g/mol. The molecule has 0 saturated heterocycles. The van der Waals surface area contributed by atoms with Crippen molar-refractivity contribution in [2.45, 2.75) is 31.9 Å². The largest absolute Gasteiger partial charge is 0.490 e. The summed E-state index contributed by atoms with van der Waals surface area (Å²) in [6.07, 6.45) is 1.41. The van der Waals surface area contributed by atoms with Crippen LogP contribution in [0.15, 0.2) is 54.6 Å². The predicted octanol–water partition coefficient (Wildman–Crippen LogP) is 3.48. The minimum absolute atomic E-state index is 0.106. The summed E-state index contributed by atoms with van der Waals surface area (Å²) in [6, 6.07) is 17.3. The zero-order chi connectivity index (χ0) is 16.1. The minimum atomic E-state index is -0.682. The third-order valence-corrected chi connectivity index (χ3v) is 3.66. The Kier molecular flexibility index (Phi) is 4.81. The quantitative estimate of drug-likeness (QED) is 0.851. The molecule has 1 atom stereocenters. The normalized spacial score (nSPS) is 14.8. The third-order valence-electron chi connectivity index (χ3n) is 3.66. The summed E-state index contributed by atoms with van der Waals surface area (Å²) in [5.41, 5.74) is 0.831. The summed E-state index contributed by atoms with van der Waals surface area (Å²) in [4.78, 5) is 12.6. The number of carbonyl (C=O) groups excluding carboxylic acids is 1. The summed E-state index contributed by atoms with van der Waals surface area (Å²) in [7, 11) is 0. The van der Waals surface area contributed by atoms with Crippen molar-refractivity contribution in [2.24, 2.45) is 0 Å². The molecule has 4 heteroatoms. The van der Waals surface area contributed by atoms with Gasteiger partial charge in [-0.2, -0.15) is 0 Å². The Bertz CT molecular complexity index is 653. The molecule has 0 unspecified atom stereocenters. The van der Waals surface area contributed by atoms with Crippen LogP contribution in [0.25, 0.3) is 0 Å². The van der Waals surface area contributed by atoms with Crippen LogP contribution >= 0.6 is 0 Å². The molecule has 1 aliphatic carbocycles. The second-order valence-electron chi connectivity index (χ2n) is 5.57. The first-order valence-corrected chi connectivity index (χ1v) is 8.01. The molecule has 2 aromatic carbocycles. The highest BCUT2D eigenvalue weighted by atomic mass is 16.5. The Morgan fingerprint density at radius 1 is 1.09 bits per heavy atom. The van der Waals surface area contributed by atoms with E-state index in [4.69, 9.17) is 9.47 Å². The zero-order valence-electron chi connectivity index (χ0n) is 13.2. The molecule has 120 valence electrons. The lowest BCUT2D eigenvalue weighted by Crippen LogP contribution is -2.33. The van der Waals surface area contributed by atoms with E-state index in [0.717, 1.165) is 18.4 Å². The molecule has 3 rings (SSSR count). The number of amides is 1. The highest BCUT2D eigenvalue weighted by Crippen LogP contribution is 2.32. The van der Waals surface area contributed by atoms with Gasteiger partial charge in [0.25, 0.3) is 5.91 Å². The summed E-state index contributed by atoms with van der Waals surface area (Å²) < 4.78 is 11.6. The monoisotopic (exact) mass is 311 g/mol. The van der Waals surface area contributed by atoms with E-state index in [9.17, 15) is 4.79 Å². The first kappa shape index (κ1) is 15.4. The van der Waals surface area contributed by atoms with Gasteiger partial charge in [0.05, 0.1) is 6.61 Å². The van der Waals surface area contributed by atoms with Crippen molar-refractivity contribution < 1.29 is 14.3 Å². The van der Waals surface area contributed by atoms with Crippen molar-refractivity contribution in [1.29, 1.82) is 0 Å². The van der Waals surface area contributed by atoms with Crippen LogP contribution in [0.3, 0.4) is 0 Å². The number of para-hydroxylation sites is 2. The summed E-state index contributed by atoms with van der Waals surface area (Å²) >= 11 is 0. The maximum atomic E-state index is 12.6. The predicted molar refractivity (Wildman–Crippen MR) is 88.6 cm³/mol. The molecule has 1 saturated carbocycles. The van der Waals surface area contributed by atoms with Gasteiger partial charge < -0.3 is 14.8 Å². The fourth-order valence-corrected chi connectivity index (χ4v) is 2.35. The fourth-order valence-electron chi connectivity index (χ4n) is 2.35. The number of hydrogen-bond donors (Lipinski definition) is 1. The van der Waals surface area contributed by atoms with Crippen molar-refractivity contribution in [2.75, 3.05) is 6.61 Å². The zero-order valence-corrected chi connectivity index (χ0v) is 13.2. The van der Waals surface area contributed by atoms with Crippen molar-refractivity contribution in [3.05, 3.63) is 60.2 Å². The second-order valence-corrected chi connectivity index (χ2v) is 5.57. The van der Waals surface area contributed by atoms with Crippen LogP contribution in [0.2, 0.25) is 0 Å². The Balaban J connectivity index is 1.85. The molecule has 0 heterocycles. The van der Waals surface area contributed by atoms with Gasteiger partial charge >= 0.3 is 0 Å². The molecule has 2 aromatic rings. The van der Waals surface area contributed by atoms with Gasteiger partial charge in [-0.05, 0) is 31.9 Å². The van der Waals surface area contributed by atoms with Gasteiger partial charge in [0.1, 0.15) is 0 Å². The van der Waals surface area contributed by atoms with Crippen LogP contribution in [0, 0.1) is 0 Å². The molecule has 0 aliphatic heterocycles. The van der Waals surface area contributed by atoms with Crippen LogP contribution in [-0.4, -0.2) is 18.6 Å². The van der Waals surface area contributed by atoms with Gasteiger partial charge in [-0.15, -0.1) is 0 Å². The van der Waals surface area contributed by atoms with Crippen LogP contribution in [0.5, 0.6) is 11.5 Å². The highest BCUT2D eigenvalue weighted by molar-refractivity contribution is 5.83. The van der Waals surface area contributed by atoms with E-state index in [-0.39, 0.29) is 5.91 Å². The van der Waals surface area contributed by atoms with Gasteiger partial charge in [-0.25, -0.2) is 0 Å². The molecule has 0 spiro atoms. The summed E-state index contributed by atoms with van der Waals surface area (Å²) in [6.45, 7) is 2.47. The van der Waals surface area contributed by atoms with Crippen molar-refractivity contribution in [3.63, 3.8) is 0 Å². The molecular formula is C19H21NO3. The Hall–Kier alpha value is -2.49. The molecule has 1 amide bonds. The topological polar surface area (TPSA) is 47.6 Å². The Labute approximate surface area is 136 Å². The van der Waals surface area contributed by atoms with Crippen LogP contribution < -0.4 is 14.8 Å². The van der Waals surface area contributed by atoms with E-state index in [1.807, 2.05) is 61.5 Å². The van der Waals surface area contributed by atoms with E-state index in [1.165, 1.54) is 0 Å². The maximum Gasteiger partial charge on any atom is 0.266 e. The molecule has 0 bridgehead atoms. The Morgan fingerprint density at radius 3 is 2.39 bits per heavy atom. The van der Waals surface area contributed by atoms with Gasteiger partial charge in [0, 0.05) is 11.6 Å². The van der Waals surface area contributed by atoms with E-state index in [1.54, 1.807) is 0 Å². The number of ether oxygens (including phenoxy) is 2. The molecule has 0 aromatic heterocycles. The molecule has 4 nitrogen and oxygen atoms in total. The lowest BCUT2D eigenvalue weighted by Gasteiger charge is -2.20. The number of carbonyl (C=O) groups is 1. The summed E-state index contributed by atoms with van der Waals surface area (Å²) in [5, 5.41) is 3.02. The lowest BCUT2D eigenvalue weighted by molar-refractivity contribution is -0.128. The van der Waals surface area contributed by atoms with E-state index < -0.39 is 6.10 Å². The SMILES string of the molecule is CCOc1ccccc1O[C@@H](C(=O)NC1CC1)c1ccccc1. The molecule has 23 heavy (non-hydrogen) atoms. The molecule has 0 radical (unpaired) electrons. The Morgan fingerprint density at radius 2 is 1.74 bits per heavy atom. The van der Waals surface area contributed by atoms with Gasteiger partial charge in [0.2, 0.25) is 6.10 Å².